The summed E-state index contributed by atoms with van der Waals surface area (Å²) in [4.78, 5) is 25.3. The smallest absolute Gasteiger partial charge is 0.255 e. The van der Waals surface area contributed by atoms with Gasteiger partial charge in [-0.2, -0.15) is 0 Å². The number of benzene rings is 3. The molecule has 0 radical (unpaired) electrons. The largest absolute Gasteiger partial charge is 0.495 e. The molecule has 3 rings (SSSR count). The van der Waals surface area contributed by atoms with Crippen molar-refractivity contribution in [3.8, 4) is 17.2 Å². The number of carbonyl (C=O) groups is 2. The first-order valence-corrected chi connectivity index (χ1v) is 9.82. The molecule has 7 nitrogen and oxygen atoms in total. The van der Waals surface area contributed by atoms with Crippen LogP contribution in [0.15, 0.2) is 60.7 Å². The molecular formula is C24H23FN2O5. The van der Waals surface area contributed by atoms with E-state index in [1.165, 1.54) is 32.4 Å². The molecule has 2 N–H and O–H groups in total. The van der Waals surface area contributed by atoms with Gasteiger partial charge in [0.15, 0.2) is 11.5 Å². The van der Waals surface area contributed by atoms with Gasteiger partial charge in [0.2, 0.25) is 0 Å². The summed E-state index contributed by atoms with van der Waals surface area (Å²) in [5, 5.41) is 5.46. The first-order chi connectivity index (χ1) is 15.4. The van der Waals surface area contributed by atoms with E-state index >= 15 is 0 Å². The summed E-state index contributed by atoms with van der Waals surface area (Å²) in [5.41, 5.74) is 1.28. The second kappa shape index (κ2) is 10.3. The van der Waals surface area contributed by atoms with Crippen LogP contribution in [0.2, 0.25) is 0 Å². The van der Waals surface area contributed by atoms with Gasteiger partial charge in [-0.05, 0) is 61.5 Å². The molecule has 8 heteroatoms. The molecular weight excluding hydrogens is 415 g/mol. The molecule has 0 atom stereocenters. The molecule has 0 aliphatic carbocycles. The Balaban J connectivity index is 1.81. The molecule has 3 aromatic rings. The number of amides is 2. The zero-order valence-electron chi connectivity index (χ0n) is 17.9. The highest BCUT2D eigenvalue weighted by Crippen LogP contribution is 2.30. The molecule has 0 bridgehead atoms. The summed E-state index contributed by atoms with van der Waals surface area (Å²) in [5.74, 6) is -0.0352. The van der Waals surface area contributed by atoms with E-state index in [1.807, 2.05) is 6.92 Å². The second-order valence-electron chi connectivity index (χ2n) is 6.63. The average molecular weight is 438 g/mol. The SMILES string of the molecule is CCOc1cc(C(=O)Nc2ccc(OC)c(NC(=O)c3cccc(F)c3)c2)ccc1OC. The Morgan fingerprint density at radius 2 is 1.50 bits per heavy atom. The Morgan fingerprint density at radius 1 is 0.812 bits per heavy atom. The van der Waals surface area contributed by atoms with Gasteiger partial charge in [0.25, 0.3) is 11.8 Å². The van der Waals surface area contributed by atoms with Crippen molar-refractivity contribution in [2.45, 2.75) is 6.92 Å². The summed E-state index contributed by atoms with van der Waals surface area (Å²) in [6.07, 6.45) is 0. The maximum Gasteiger partial charge on any atom is 0.255 e. The van der Waals surface area contributed by atoms with Crippen LogP contribution in [0.4, 0.5) is 15.8 Å². The number of hydrogen-bond donors (Lipinski definition) is 2. The topological polar surface area (TPSA) is 85.9 Å². The lowest BCUT2D eigenvalue weighted by Crippen LogP contribution is -2.15. The fourth-order valence-corrected chi connectivity index (χ4v) is 3.00. The molecule has 0 aromatic heterocycles. The van der Waals surface area contributed by atoms with Gasteiger partial charge < -0.3 is 24.8 Å². The predicted molar refractivity (Wildman–Crippen MR) is 119 cm³/mol. The molecule has 0 fully saturated rings. The summed E-state index contributed by atoms with van der Waals surface area (Å²) in [7, 11) is 2.98. The minimum Gasteiger partial charge on any atom is -0.495 e. The van der Waals surface area contributed by atoms with Crippen LogP contribution in [-0.2, 0) is 0 Å². The zero-order valence-corrected chi connectivity index (χ0v) is 17.9. The van der Waals surface area contributed by atoms with Crippen LogP contribution in [0.3, 0.4) is 0 Å². The van der Waals surface area contributed by atoms with E-state index in [9.17, 15) is 14.0 Å². The molecule has 2 amide bonds. The van der Waals surface area contributed by atoms with Crippen molar-refractivity contribution >= 4 is 23.2 Å². The van der Waals surface area contributed by atoms with Crippen molar-refractivity contribution in [3.05, 3.63) is 77.6 Å². The van der Waals surface area contributed by atoms with Crippen LogP contribution in [0.1, 0.15) is 27.6 Å². The number of ether oxygens (including phenoxy) is 3. The Kier molecular flexibility index (Phi) is 7.28. The molecule has 0 aliphatic heterocycles. The second-order valence-corrected chi connectivity index (χ2v) is 6.63. The number of methoxy groups -OCH3 is 2. The van der Waals surface area contributed by atoms with Crippen LogP contribution >= 0.6 is 0 Å². The summed E-state index contributed by atoms with van der Waals surface area (Å²) in [6.45, 7) is 2.26. The number of hydrogen-bond acceptors (Lipinski definition) is 5. The first-order valence-electron chi connectivity index (χ1n) is 9.82. The van der Waals surface area contributed by atoms with E-state index in [2.05, 4.69) is 10.6 Å². The lowest BCUT2D eigenvalue weighted by atomic mass is 10.1. The minimum atomic E-state index is -0.517. The number of anilines is 2. The van der Waals surface area contributed by atoms with Gasteiger partial charge in [0, 0.05) is 16.8 Å². The zero-order chi connectivity index (χ0) is 23.1. The van der Waals surface area contributed by atoms with Crippen LogP contribution < -0.4 is 24.8 Å². The fourth-order valence-electron chi connectivity index (χ4n) is 3.00. The van der Waals surface area contributed by atoms with Crippen molar-refractivity contribution in [3.63, 3.8) is 0 Å². The molecule has 0 saturated heterocycles. The van der Waals surface area contributed by atoms with Gasteiger partial charge in [-0.25, -0.2) is 4.39 Å². The highest BCUT2D eigenvalue weighted by molar-refractivity contribution is 6.07. The monoisotopic (exact) mass is 438 g/mol. The van der Waals surface area contributed by atoms with E-state index < -0.39 is 11.7 Å². The van der Waals surface area contributed by atoms with E-state index in [-0.39, 0.29) is 11.5 Å². The standard InChI is InChI=1S/C24H23FN2O5/c1-4-32-22-13-16(8-10-21(22)31-3)23(28)26-18-9-11-20(30-2)19(14-18)27-24(29)15-6-5-7-17(25)12-15/h5-14H,4H2,1-3H3,(H,26,28)(H,27,29). The van der Waals surface area contributed by atoms with Gasteiger partial charge in [0.05, 0.1) is 26.5 Å². The average Bonchev–Trinajstić information content (AvgIpc) is 2.79. The van der Waals surface area contributed by atoms with Crippen LogP contribution in [0.25, 0.3) is 0 Å². The lowest BCUT2D eigenvalue weighted by Gasteiger charge is -2.14. The first kappa shape index (κ1) is 22.6. The Labute approximate surface area is 185 Å². The van der Waals surface area contributed by atoms with Gasteiger partial charge in [-0.3, -0.25) is 9.59 Å². The highest BCUT2D eigenvalue weighted by atomic mass is 19.1. The third kappa shape index (κ3) is 5.34. The lowest BCUT2D eigenvalue weighted by molar-refractivity contribution is 0.101. The van der Waals surface area contributed by atoms with Crippen LogP contribution in [0.5, 0.6) is 17.2 Å². The number of halogens is 1. The number of nitrogens with one attached hydrogen (secondary N) is 2. The van der Waals surface area contributed by atoms with E-state index in [4.69, 9.17) is 14.2 Å². The predicted octanol–water partition coefficient (Wildman–Crippen LogP) is 4.75. The fraction of sp³-hybridized carbons (Fsp3) is 0.167. The van der Waals surface area contributed by atoms with E-state index in [0.29, 0.717) is 40.8 Å². The maximum atomic E-state index is 13.4. The Morgan fingerprint density at radius 3 is 2.19 bits per heavy atom. The third-order valence-electron chi connectivity index (χ3n) is 4.52. The molecule has 166 valence electrons. The molecule has 32 heavy (non-hydrogen) atoms. The Bertz CT molecular complexity index is 1130. The van der Waals surface area contributed by atoms with Gasteiger partial charge in [-0.15, -0.1) is 0 Å². The quantitative estimate of drug-likeness (QED) is 0.530. The summed E-state index contributed by atoms with van der Waals surface area (Å²) in [6, 6.07) is 15.0. The van der Waals surface area contributed by atoms with E-state index in [1.54, 1.807) is 36.4 Å². The maximum absolute atomic E-state index is 13.4. The normalized spacial score (nSPS) is 10.2. The molecule has 0 aliphatic rings. The van der Waals surface area contributed by atoms with Crippen molar-refractivity contribution in [1.29, 1.82) is 0 Å². The molecule has 3 aromatic carbocycles. The van der Waals surface area contributed by atoms with Crippen LogP contribution in [-0.4, -0.2) is 32.6 Å². The number of carbonyl (C=O) groups excluding carboxylic acids is 2. The summed E-state index contributed by atoms with van der Waals surface area (Å²) >= 11 is 0. The van der Waals surface area contributed by atoms with Crippen molar-refractivity contribution in [2.24, 2.45) is 0 Å². The van der Waals surface area contributed by atoms with Crippen LogP contribution in [0, 0.1) is 5.82 Å². The third-order valence-corrected chi connectivity index (χ3v) is 4.52. The van der Waals surface area contributed by atoms with Gasteiger partial charge in [-0.1, -0.05) is 6.07 Å². The Hall–Kier alpha value is -4.07. The molecule has 0 saturated carbocycles. The number of rotatable bonds is 8. The van der Waals surface area contributed by atoms with Crippen molar-refractivity contribution < 1.29 is 28.2 Å². The molecule has 0 spiro atoms. The van der Waals surface area contributed by atoms with Crippen molar-refractivity contribution in [1.82, 2.24) is 0 Å². The highest BCUT2D eigenvalue weighted by Gasteiger charge is 2.15. The summed E-state index contributed by atoms with van der Waals surface area (Å²) < 4.78 is 29.5. The minimum absolute atomic E-state index is 0.156. The molecule has 0 heterocycles. The molecule has 0 unspecified atom stereocenters. The van der Waals surface area contributed by atoms with Gasteiger partial charge in [0.1, 0.15) is 11.6 Å². The van der Waals surface area contributed by atoms with Crippen molar-refractivity contribution in [2.75, 3.05) is 31.5 Å². The van der Waals surface area contributed by atoms with E-state index in [0.717, 1.165) is 6.07 Å². The van der Waals surface area contributed by atoms with Gasteiger partial charge >= 0.3 is 0 Å².